The highest BCUT2D eigenvalue weighted by atomic mass is 32.2. The third-order valence-electron chi connectivity index (χ3n) is 7.95. The van der Waals surface area contributed by atoms with Crippen LogP contribution in [0, 0.1) is 17.8 Å². The Morgan fingerprint density at radius 2 is 2.03 bits per heavy atom. The molecule has 3 aliphatic rings. The summed E-state index contributed by atoms with van der Waals surface area (Å²) in [5, 5.41) is 10.1. The van der Waals surface area contributed by atoms with E-state index in [2.05, 4.69) is 20.1 Å². The number of likely N-dealkylation sites (tertiary alicyclic amines) is 1. The Balaban J connectivity index is 2.06. The number of rotatable bonds is 11. The van der Waals surface area contributed by atoms with Crippen molar-refractivity contribution in [1.82, 2.24) is 9.80 Å². The maximum atomic E-state index is 14.3. The molecule has 7 nitrogen and oxygen atoms in total. The van der Waals surface area contributed by atoms with Crippen LogP contribution in [0.1, 0.15) is 60.3 Å². The van der Waals surface area contributed by atoms with Gasteiger partial charge in [-0.25, -0.2) is 0 Å². The van der Waals surface area contributed by atoms with Crippen LogP contribution in [0.4, 0.5) is 0 Å². The predicted octanol–water partition coefficient (Wildman–Crippen LogP) is 3.42. The number of allylic oxidation sites excluding steroid dienone is 1. The fraction of sp³-hybridized carbons (Fsp3) is 0.741. The molecule has 1 spiro atoms. The molecule has 196 valence electrons. The van der Waals surface area contributed by atoms with E-state index in [9.17, 15) is 19.5 Å². The molecule has 3 unspecified atom stereocenters. The van der Waals surface area contributed by atoms with Gasteiger partial charge in [0.15, 0.2) is 0 Å². The molecule has 2 bridgehead atoms. The number of amides is 2. The second-order valence-corrected chi connectivity index (χ2v) is 12.6. The summed E-state index contributed by atoms with van der Waals surface area (Å²) >= 11 is 1.63. The molecule has 0 saturated carbocycles. The minimum absolute atomic E-state index is 0.0556. The molecule has 35 heavy (non-hydrogen) atoms. The number of aliphatic hydroxyl groups is 1. The highest BCUT2D eigenvalue weighted by molar-refractivity contribution is 8.02. The fourth-order valence-electron chi connectivity index (χ4n) is 6.28. The lowest BCUT2D eigenvalue weighted by Crippen LogP contribution is -2.61. The average Bonchev–Trinajstić information content (AvgIpc) is 3.39. The molecule has 3 fully saturated rings. The molecule has 0 aromatic carbocycles. The normalized spacial score (nSPS) is 32.3. The first-order valence-corrected chi connectivity index (χ1v) is 13.7. The minimum Gasteiger partial charge on any atom is -0.465 e. The topological polar surface area (TPSA) is 87.2 Å². The summed E-state index contributed by atoms with van der Waals surface area (Å²) in [7, 11) is 0. The first-order valence-electron chi connectivity index (χ1n) is 12.8. The molecule has 1 N–H and O–H groups in total. The van der Waals surface area contributed by atoms with Crippen molar-refractivity contribution in [3.63, 3.8) is 0 Å². The van der Waals surface area contributed by atoms with Gasteiger partial charge in [0.05, 0.1) is 35.8 Å². The molecule has 3 rings (SSSR count). The van der Waals surface area contributed by atoms with E-state index in [1.54, 1.807) is 33.7 Å². The van der Waals surface area contributed by atoms with Crippen molar-refractivity contribution in [2.24, 2.45) is 17.8 Å². The lowest BCUT2D eigenvalue weighted by molar-refractivity contribution is -0.155. The summed E-state index contributed by atoms with van der Waals surface area (Å²) in [6.07, 6.45) is 6.21. The summed E-state index contributed by atoms with van der Waals surface area (Å²) in [4.78, 5) is 45.1. The number of hydrogen-bond donors (Lipinski definition) is 1. The van der Waals surface area contributed by atoms with Gasteiger partial charge in [-0.2, -0.15) is 0 Å². The van der Waals surface area contributed by atoms with Crippen molar-refractivity contribution in [2.45, 2.75) is 87.9 Å². The molecule has 2 amide bonds. The molecule has 0 aromatic heterocycles. The van der Waals surface area contributed by atoms with Crippen molar-refractivity contribution >= 4 is 29.5 Å². The number of fused-ring (bicyclic) bond motifs is 1. The molecular formula is C27H42N2O5S. The minimum atomic E-state index is -0.750. The van der Waals surface area contributed by atoms with Crippen molar-refractivity contribution in [1.29, 1.82) is 0 Å². The molecule has 8 heteroatoms. The number of thioether (sulfide) groups is 1. The van der Waals surface area contributed by atoms with E-state index in [0.29, 0.717) is 26.0 Å². The lowest BCUT2D eigenvalue weighted by atomic mass is 9.66. The van der Waals surface area contributed by atoms with Crippen LogP contribution in [-0.4, -0.2) is 80.1 Å². The molecule has 0 radical (unpaired) electrons. The molecule has 7 atom stereocenters. The van der Waals surface area contributed by atoms with Gasteiger partial charge in [-0.15, -0.1) is 24.9 Å². The van der Waals surface area contributed by atoms with Gasteiger partial charge < -0.3 is 19.6 Å². The Morgan fingerprint density at radius 3 is 2.57 bits per heavy atom. The third-order valence-corrected chi connectivity index (χ3v) is 10.0. The standard InChI is InChI=1S/C27H42N2O5S/c1-8-11-12-14-34-25(33)20-19-15-17(4)27(35-19)21(20)23(31)29(18(10-3)16-30)22(27)24(32)28(13-9-2)26(5,6)7/h8-9,17-22,30H,1-2,10-16H2,3-7H3/t17?,18-,19-,20+,21-,22?,27?/m0/s1. The molecule has 0 aromatic rings. The van der Waals surface area contributed by atoms with E-state index in [1.807, 2.05) is 27.7 Å². The first kappa shape index (κ1) is 27.8. The Hall–Kier alpha value is -1.80. The van der Waals surface area contributed by atoms with Crippen LogP contribution in [0.2, 0.25) is 0 Å². The number of carbonyl (C=O) groups excluding carboxylic acids is 3. The first-order chi connectivity index (χ1) is 16.5. The summed E-state index contributed by atoms with van der Waals surface area (Å²) in [6, 6.07) is -1.24. The van der Waals surface area contributed by atoms with Crippen LogP contribution in [-0.2, 0) is 19.1 Å². The summed E-state index contributed by atoms with van der Waals surface area (Å²) in [5.41, 5.74) is -0.482. The monoisotopic (exact) mass is 506 g/mol. The zero-order valence-corrected chi connectivity index (χ0v) is 22.7. The van der Waals surface area contributed by atoms with Gasteiger partial charge in [0, 0.05) is 17.3 Å². The second kappa shape index (κ2) is 10.7. The van der Waals surface area contributed by atoms with Gasteiger partial charge in [-0.1, -0.05) is 26.0 Å². The van der Waals surface area contributed by atoms with Crippen LogP contribution < -0.4 is 0 Å². The van der Waals surface area contributed by atoms with E-state index in [-0.39, 0.29) is 35.6 Å². The Labute approximate surface area is 214 Å². The Kier molecular flexibility index (Phi) is 8.47. The molecule has 3 heterocycles. The highest BCUT2D eigenvalue weighted by Gasteiger charge is 2.77. The summed E-state index contributed by atoms with van der Waals surface area (Å²) in [6.45, 7) is 17.9. The van der Waals surface area contributed by atoms with Crippen LogP contribution >= 0.6 is 11.8 Å². The number of esters is 1. The zero-order valence-electron chi connectivity index (χ0n) is 21.9. The van der Waals surface area contributed by atoms with Gasteiger partial charge in [-0.3, -0.25) is 14.4 Å². The summed E-state index contributed by atoms with van der Waals surface area (Å²) in [5.74, 6) is -1.83. The summed E-state index contributed by atoms with van der Waals surface area (Å²) < 4.78 is 4.90. The van der Waals surface area contributed by atoms with Gasteiger partial charge in [0.1, 0.15) is 6.04 Å². The lowest BCUT2D eigenvalue weighted by Gasteiger charge is -2.45. The smallest absolute Gasteiger partial charge is 0.310 e. The largest absolute Gasteiger partial charge is 0.465 e. The van der Waals surface area contributed by atoms with E-state index >= 15 is 0 Å². The van der Waals surface area contributed by atoms with Gasteiger partial charge in [0.25, 0.3) is 0 Å². The Bertz CT molecular complexity index is 851. The maximum absolute atomic E-state index is 14.3. The molecule has 3 aliphatic heterocycles. The molecule has 0 aliphatic carbocycles. The molecule has 3 saturated heterocycles. The van der Waals surface area contributed by atoms with Crippen LogP contribution in [0.3, 0.4) is 0 Å². The van der Waals surface area contributed by atoms with Gasteiger partial charge in [-0.05, 0) is 52.4 Å². The van der Waals surface area contributed by atoms with Crippen LogP contribution in [0.5, 0.6) is 0 Å². The number of nitrogens with zero attached hydrogens (tertiary/aromatic N) is 2. The molecular weight excluding hydrogens is 464 g/mol. The van der Waals surface area contributed by atoms with E-state index in [1.165, 1.54) is 0 Å². The predicted molar refractivity (Wildman–Crippen MR) is 139 cm³/mol. The van der Waals surface area contributed by atoms with Crippen molar-refractivity contribution in [3.8, 4) is 0 Å². The SMILES string of the molecule is C=CCCCOC(=O)[C@@H]1[C@@H]2CC(C)C3(S2)C(C(=O)N(CC=C)C(C)(C)C)N([C@@H](CC)CO)C(=O)[C@H]13. The number of aliphatic hydroxyl groups excluding tert-OH is 1. The second-order valence-electron chi connectivity index (χ2n) is 11.0. The van der Waals surface area contributed by atoms with E-state index in [4.69, 9.17) is 4.74 Å². The van der Waals surface area contributed by atoms with Crippen molar-refractivity contribution in [3.05, 3.63) is 25.3 Å². The van der Waals surface area contributed by atoms with Crippen LogP contribution in [0.25, 0.3) is 0 Å². The van der Waals surface area contributed by atoms with Crippen LogP contribution in [0.15, 0.2) is 25.3 Å². The average molecular weight is 507 g/mol. The number of hydrogen-bond acceptors (Lipinski definition) is 6. The Morgan fingerprint density at radius 1 is 1.34 bits per heavy atom. The van der Waals surface area contributed by atoms with Gasteiger partial charge in [0.2, 0.25) is 11.8 Å². The van der Waals surface area contributed by atoms with E-state index < -0.39 is 34.2 Å². The third kappa shape index (κ3) is 4.57. The van der Waals surface area contributed by atoms with Gasteiger partial charge >= 0.3 is 5.97 Å². The van der Waals surface area contributed by atoms with E-state index in [0.717, 1.165) is 12.8 Å². The fourth-order valence-corrected chi connectivity index (χ4v) is 8.67. The van der Waals surface area contributed by atoms with Crippen molar-refractivity contribution in [2.75, 3.05) is 19.8 Å². The quantitative estimate of drug-likeness (QED) is 0.263. The maximum Gasteiger partial charge on any atom is 0.310 e. The van der Waals surface area contributed by atoms with Crippen molar-refractivity contribution < 1.29 is 24.2 Å². The zero-order chi connectivity index (χ0) is 26.1. The number of unbranched alkanes of at least 4 members (excludes halogenated alkanes) is 1. The number of carbonyl (C=O) groups is 3. The number of ether oxygens (including phenoxy) is 1. The highest BCUT2D eigenvalue weighted by Crippen LogP contribution is 2.69.